The number of aryl methyl sites for hydroxylation is 2. The lowest BCUT2D eigenvalue weighted by atomic mass is 10.1. The van der Waals surface area contributed by atoms with Crippen molar-refractivity contribution in [3.05, 3.63) is 41.5 Å². The van der Waals surface area contributed by atoms with Gasteiger partial charge in [0.2, 0.25) is 5.89 Å². The topological polar surface area (TPSA) is 63.3 Å². The Morgan fingerprint density at radius 2 is 2.06 bits per heavy atom. The van der Waals surface area contributed by atoms with Crippen molar-refractivity contribution in [3.8, 4) is 11.3 Å². The number of oxazole rings is 1. The molecule has 0 saturated heterocycles. The molecule has 88 valence electrons. The lowest BCUT2D eigenvalue weighted by Crippen LogP contribution is -1.99. The predicted octanol–water partition coefficient (Wildman–Crippen LogP) is 2.59. The van der Waals surface area contributed by atoms with Crippen molar-refractivity contribution in [1.82, 2.24) is 4.98 Å². The van der Waals surface area contributed by atoms with Crippen molar-refractivity contribution in [2.75, 3.05) is 0 Å². The minimum absolute atomic E-state index is 0.188. The average Bonchev–Trinajstić information content (AvgIpc) is 2.59. The Balaban J connectivity index is 2.43. The van der Waals surface area contributed by atoms with Crippen LogP contribution in [0.4, 0.5) is 0 Å². The van der Waals surface area contributed by atoms with Crippen molar-refractivity contribution in [2.24, 2.45) is 0 Å². The molecular weight excluding hydrogens is 218 g/mol. The van der Waals surface area contributed by atoms with E-state index in [4.69, 9.17) is 9.52 Å². The van der Waals surface area contributed by atoms with Crippen LogP contribution in [0.2, 0.25) is 0 Å². The summed E-state index contributed by atoms with van der Waals surface area (Å²) >= 11 is 0. The summed E-state index contributed by atoms with van der Waals surface area (Å²) in [6.07, 6.45) is -0.188. The zero-order valence-corrected chi connectivity index (χ0v) is 9.73. The monoisotopic (exact) mass is 231 g/mol. The lowest BCUT2D eigenvalue weighted by Gasteiger charge is -2.01. The van der Waals surface area contributed by atoms with Gasteiger partial charge in [-0.25, -0.2) is 4.98 Å². The molecule has 0 spiro atoms. The molecule has 0 aliphatic heterocycles. The summed E-state index contributed by atoms with van der Waals surface area (Å²) in [4.78, 5) is 14.8. The molecule has 2 aromatic rings. The van der Waals surface area contributed by atoms with E-state index in [0.717, 1.165) is 16.8 Å². The number of carbonyl (C=O) groups is 1. The average molecular weight is 231 g/mol. The fraction of sp³-hybridized carbons (Fsp3) is 0.231. The number of aromatic nitrogens is 1. The van der Waals surface area contributed by atoms with Gasteiger partial charge >= 0.3 is 5.97 Å². The molecule has 0 unspecified atom stereocenters. The minimum atomic E-state index is -0.942. The molecule has 17 heavy (non-hydrogen) atoms. The zero-order valence-electron chi connectivity index (χ0n) is 9.73. The van der Waals surface area contributed by atoms with Gasteiger partial charge in [-0.15, -0.1) is 0 Å². The van der Waals surface area contributed by atoms with Crippen molar-refractivity contribution >= 4 is 5.97 Å². The highest BCUT2D eigenvalue weighted by Gasteiger charge is 2.14. The summed E-state index contributed by atoms with van der Waals surface area (Å²) < 4.78 is 5.34. The maximum atomic E-state index is 10.6. The van der Waals surface area contributed by atoms with E-state index < -0.39 is 5.97 Å². The van der Waals surface area contributed by atoms with Crippen LogP contribution < -0.4 is 0 Å². The molecule has 1 N–H and O–H groups in total. The molecule has 0 atom stereocenters. The van der Waals surface area contributed by atoms with Crippen LogP contribution in [0.25, 0.3) is 11.3 Å². The number of hydrogen-bond acceptors (Lipinski definition) is 3. The van der Waals surface area contributed by atoms with Gasteiger partial charge in [0.25, 0.3) is 0 Å². The van der Waals surface area contributed by atoms with Crippen LogP contribution in [0.15, 0.2) is 28.7 Å². The van der Waals surface area contributed by atoms with Gasteiger partial charge in [0.15, 0.2) is 0 Å². The van der Waals surface area contributed by atoms with Crippen molar-refractivity contribution < 1.29 is 14.3 Å². The van der Waals surface area contributed by atoms with Gasteiger partial charge in [-0.3, -0.25) is 4.79 Å². The maximum Gasteiger partial charge on any atom is 0.312 e. The van der Waals surface area contributed by atoms with Gasteiger partial charge < -0.3 is 9.52 Å². The van der Waals surface area contributed by atoms with Crippen LogP contribution in [-0.2, 0) is 11.2 Å². The summed E-state index contributed by atoms with van der Waals surface area (Å²) in [7, 11) is 0. The van der Waals surface area contributed by atoms with Crippen LogP contribution in [0.1, 0.15) is 17.2 Å². The molecule has 2 rings (SSSR count). The number of rotatable bonds is 3. The van der Waals surface area contributed by atoms with Crippen LogP contribution in [0.5, 0.6) is 0 Å². The first-order valence-corrected chi connectivity index (χ1v) is 5.32. The third-order valence-electron chi connectivity index (χ3n) is 2.54. The van der Waals surface area contributed by atoms with Crippen LogP contribution in [0.3, 0.4) is 0 Å². The summed E-state index contributed by atoms with van der Waals surface area (Å²) in [6.45, 7) is 3.78. The molecule has 0 aliphatic rings. The highest BCUT2D eigenvalue weighted by molar-refractivity contribution is 5.70. The molecule has 4 nitrogen and oxygen atoms in total. The van der Waals surface area contributed by atoms with E-state index >= 15 is 0 Å². The Hall–Kier alpha value is -2.10. The summed E-state index contributed by atoms with van der Waals surface area (Å²) in [5.74, 6) is -0.0496. The molecule has 0 saturated carbocycles. The number of benzene rings is 1. The molecule has 1 heterocycles. The number of nitrogens with zero attached hydrogens (tertiary/aromatic N) is 1. The third kappa shape index (κ3) is 2.36. The van der Waals surface area contributed by atoms with E-state index in [9.17, 15) is 4.79 Å². The second kappa shape index (κ2) is 4.41. The standard InChI is InChI=1S/C13H13NO3/c1-8-5-3-4-6-10(8)13-9(2)17-11(14-13)7-12(15)16/h3-6H,7H2,1-2H3,(H,15,16). The molecule has 0 radical (unpaired) electrons. The fourth-order valence-electron chi connectivity index (χ4n) is 1.74. The summed E-state index contributed by atoms with van der Waals surface area (Å²) in [5, 5.41) is 8.69. The van der Waals surface area contributed by atoms with Crippen molar-refractivity contribution in [3.63, 3.8) is 0 Å². The zero-order chi connectivity index (χ0) is 12.4. The van der Waals surface area contributed by atoms with E-state index in [1.165, 1.54) is 0 Å². The molecular formula is C13H13NO3. The van der Waals surface area contributed by atoms with Gasteiger partial charge in [-0.2, -0.15) is 0 Å². The number of carboxylic acid groups (broad SMARTS) is 1. The second-order valence-electron chi connectivity index (χ2n) is 3.90. The molecule has 0 amide bonds. The number of hydrogen-bond donors (Lipinski definition) is 1. The quantitative estimate of drug-likeness (QED) is 0.881. The van der Waals surface area contributed by atoms with Crippen molar-refractivity contribution in [1.29, 1.82) is 0 Å². The highest BCUT2D eigenvalue weighted by atomic mass is 16.4. The summed E-state index contributed by atoms with van der Waals surface area (Å²) in [5.41, 5.74) is 2.79. The maximum absolute atomic E-state index is 10.6. The van der Waals surface area contributed by atoms with Gasteiger partial charge in [0.05, 0.1) is 0 Å². The predicted molar refractivity (Wildman–Crippen MR) is 62.8 cm³/mol. The Labute approximate surface area is 98.9 Å². The van der Waals surface area contributed by atoms with Gasteiger partial charge in [0, 0.05) is 5.56 Å². The molecule has 4 heteroatoms. The van der Waals surface area contributed by atoms with E-state index in [-0.39, 0.29) is 12.3 Å². The normalized spacial score (nSPS) is 10.5. The van der Waals surface area contributed by atoms with Gasteiger partial charge in [-0.1, -0.05) is 24.3 Å². The SMILES string of the molecule is Cc1ccccc1-c1nc(CC(=O)O)oc1C. The van der Waals surface area contributed by atoms with Gasteiger partial charge in [-0.05, 0) is 19.4 Å². The Kier molecular flexibility index (Phi) is 2.95. The van der Waals surface area contributed by atoms with Crippen molar-refractivity contribution in [2.45, 2.75) is 20.3 Å². The first-order chi connectivity index (χ1) is 8.08. The first kappa shape index (κ1) is 11.4. The third-order valence-corrected chi connectivity index (χ3v) is 2.54. The second-order valence-corrected chi connectivity index (χ2v) is 3.90. The van der Waals surface area contributed by atoms with E-state index in [0.29, 0.717) is 5.76 Å². The molecule has 0 fully saturated rings. The molecule has 1 aromatic heterocycles. The Morgan fingerprint density at radius 1 is 1.35 bits per heavy atom. The first-order valence-electron chi connectivity index (χ1n) is 5.32. The van der Waals surface area contributed by atoms with Crippen LogP contribution in [0, 0.1) is 13.8 Å². The van der Waals surface area contributed by atoms with E-state index in [1.54, 1.807) is 6.92 Å². The summed E-state index contributed by atoms with van der Waals surface area (Å²) in [6, 6.07) is 7.81. The van der Waals surface area contributed by atoms with E-state index in [2.05, 4.69) is 4.98 Å². The highest BCUT2D eigenvalue weighted by Crippen LogP contribution is 2.26. The number of aliphatic carboxylic acids is 1. The van der Waals surface area contributed by atoms with Crippen LogP contribution in [-0.4, -0.2) is 16.1 Å². The molecule has 1 aromatic carbocycles. The molecule has 0 bridgehead atoms. The smallest absolute Gasteiger partial charge is 0.312 e. The van der Waals surface area contributed by atoms with Gasteiger partial charge in [0.1, 0.15) is 17.9 Å². The van der Waals surface area contributed by atoms with Crippen LogP contribution >= 0.6 is 0 Å². The van der Waals surface area contributed by atoms with E-state index in [1.807, 2.05) is 31.2 Å². The lowest BCUT2D eigenvalue weighted by molar-refractivity contribution is -0.136. The Bertz CT molecular complexity index is 558. The Morgan fingerprint density at radius 3 is 2.71 bits per heavy atom. The largest absolute Gasteiger partial charge is 0.481 e. The molecule has 0 aliphatic carbocycles. The number of carboxylic acids is 1. The minimum Gasteiger partial charge on any atom is -0.481 e. The fourth-order valence-corrected chi connectivity index (χ4v) is 1.74.